The number of nitrogens with one attached hydrogen (secondary N) is 1. The van der Waals surface area contributed by atoms with Crippen molar-refractivity contribution in [3.63, 3.8) is 0 Å². The van der Waals surface area contributed by atoms with Crippen LogP contribution in [0.15, 0.2) is 41.7 Å². The average Bonchev–Trinajstić information content (AvgIpc) is 2.92. The average molecular weight is 336 g/mol. The van der Waals surface area contributed by atoms with Gasteiger partial charge in [0.2, 0.25) is 0 Å². The maximum absolute atomic E-state index is 11.6. The van der Waals surface area contributed by atoms with E-state index in [-0.39, 0.29) is 28.7 Å². The Kier molecular flexibility index (Phi) is 3.99. The highest BCUT2D eigenvalue weighted by Gasteiger charge is 2.22. The zero-order valence-corrected chi connectivity index (χ0v) is 12.7. The number of ether oxygens (including phenoxy) is 1. The topological polar surface area (TPSA) is 130 Å². The first-order valence-corrected chi connectivity index (χ1v) is 8.24. The van der Waals surface area contributed by atoms with E-state index in [0.29, 0.717) is 12.2 Å². The zero-order valence-electron chi connectivity index (χ0n) is 11.8. The van der Waals surface area contributed by atoms with Crippen LogP contribution >= 0.6 is 7.60 Å². The van der Waals surface area contributed by atoms with Crippen LogP contribution in [0.25, 0.3) is 11.2 Å². The summed E-state index contributed by atoms with van der Waals surface area (Å²) >= 11 is 0. The van der Waals surface area contributed by atoms with Crippen LogP contribution in [0.4, 0.5) is 0 Å². The van der Waals surface area contributed by atoms with Gasteiger partial charge in [0.1, 0.15) is 17.7 Å². The molecule has 0 aliphatic heterocycles. The third kappa shape index (κ3) is 3.16. The molecule has 0 aliphatic carbocycles. The second-order valence-corrected chi connectivity index (χ2v) is 6.27. The van der Waals surface area contributed by atoms with Gasteiger partial charge in [-0.3, -0.25) is 9.36 Å². The van der Waals surface area contributed by atoms with Crippen LogP contribution in [-0.4, -0.2) is 35.9 Å². The minimum Gasteiger partial charge on any atom is -0.491 e. The molecule has 0 unspecified atom stereocenters. The number of rotatable bonds is 5. The first-order chi connectivity index (χ1) is 11.0. The summed E-state index contributed by atoms with van der Waals surface area (Å²) in [4.78, 5) is 40.6. The zero-order chi connectivity index (χ0) is 16.4. The Morgan fingerprint density at radius 2 is 2.04 bits per heavy atom. The highest BCUT2D eigenvalue weighted by molar-refractivity contribution is 7.60. The Morgan fingerprint density at radius 1 is 1.26 bits per heavy atom. The van der Waals surface area contributed by atoms with E-state index in [4.69, 9.17) is 4.74 Å². The minimum absolute atomic E-state index is 0.121. The van der Waals surface area contributed by atoms with Crippen molar-refractivity contribution in [3.8, 4) is 5.75 Å². The van der Waals surface area contributed by atoms with Crippen molar-refractivity contribution in [2.24, 2.45) is 0 Å². The maximum Gasteiger partial charge on any atom is 0.359 e. The molecule has 9 nitrogen and oxygen atoms in total. The van der Waals surface area contributed by atoms with Gasteiger partial charge in [0.15, 0.2) is 11.2 Å². The highest BCUT2D eigenvalue weighted by Crippen LogP contribution is 2.37. The van der Waals surface area contributed by atoms with E-state index in [1.807, 2.05) is 0 Å². The molecular weight excluding hydrogens is 323 g/mol. The standard InChI is InChI=1S/C13H13N4O5P/c18-13-11-12(14-7-15-13)17(8-16-11)5-6-22-9-3-1-2-4-10(9)23(19,20)21/h1-4,7-8H,5-6H2,(H,14,15,18)(H2,19,20,21). The number of nitrogens with zero attached hydrogens (tertiary/aromatic N) is 3. The van der Waals surface area contributed by atoms with Gasteiger partial charge in [0, 0.05) is 0 Å². The van der Waals surface area contributed by atoms with Crippen molar-refractivity contribution in [1.29, 1.82) is 0 Å². The Labute approximate surface area is 129 Å². The van der Waals surface area contributed by atoms with Crippen molar-refractivity contribution >= 4 is 24.1 Å². The predicted octanol–water partition coefficient (Wildman–Crippen LogP) is 0.00160. The molecule has 3 N–H and O–H groups in total. The van der Waals surface area contributed by atoms with Gasteiger partial charge in [-0.15, -0.1) is 0 Å². The van der Waals surface area contributed by atoms with Gasteiger partial charge in [0.25, 0.3) is 5.56 Å². The quantitative estimate of drug-likeness (QED) is 0.559. The van der Waals surface area contributed by atoms with E-state index in [9.17, 15) is 19.1 Å². The molecule has 10 heteroatoms. The van der Waals surface area contributed by atoms with E-state index in [1.54, 1.807) is 10.6 Å². The number of para-hydroxylation sites is 1. The largest absolute Gasteiger partial charge is 0.491 e. The lowest BCUT2D eigenvalue weighted by molar-refractivity contribution is 0.300. The predicted molar refractivity (Wildman–Crippen MR) is 81.8 cm³/mol. The van der Waals surface area contributed by atoms with Crippen molar-refractivity contribution < 1.29 is 19.1 Å². The van der Waals surface area contributed by atoms with Gasteiger partial charge in [-0.2, -0.15) is 0 Å². The molecule has 0 aliphatic rings. The second-order valence-electron chi connectivity index (χ2n) is 4.70. The van der Waals surface area contributed by atoms with E-state index in [1.165, 1.54) is 30.9 Å². The van der Waals surface area contributed by atoms with Crippen LogP contribution in [-0.2, 0) is 11.1 Å². The molecule has 120 valence electrons. The summed E-state index contributed by atoms with van der Waals surface area (Å²) < 4.78 is 18.5. The fourth-order valence-electron chi connectivity index (χ4n) is 2.13. The fraction of sp³-hybridized carbons (Fsp3) is 0.154. The highest BCUT2D eigenvalue weighted by atomic mass is 31.2. The maximum atomic E-state index is 11.6. The summed E-state index contributed by atoms with van der Waals surface area (Å²) in [5.74, 6) is 0.121. The van der Waals surface area contributed by atoms with Crippen molar-refractivity contribution in [1.82, 2.24) is 19.5 Å². The van der Waals surface area contributed by atoms with Crippen LogP contribution in [0.3, 0.4) is 0 Å². The number of benzene rings is 1. The fourth-order valence-corrected chi connectivity index (χ4v) is 2.84. The number of H-pyrrole nitrogens is 1. The van der Waals surface area contributed by atoms with Crippen LogP contribution in [0, 0.1) is 0 Å². The molecule has 23 heavy (non-hydrogen) atoms. The summed E-state index contributed by atoms with van der Waals surface area (Å²) in [6.07, 6.45) is 2.75. The monoisotopic (exact) mass is 336 g/mol. The van der Waals surface area contributed by atoms with Crippen LogP contribution in [0.5, 0.6) is 5.75 Å². The summed E-state index contributed by atoms with van der Waals surface area (Å²) in [5, 5.41) is -0.162. The lowest BCUT2D eigenvalue weighted by Gasteiger charge is -2.12. The lowest BCUT2D eigenvalue weighted by atomic mass is 10.3. The number of fused-ring (bicyclic) bond motifs is 1. The van der Waals surface area contributed by atoms with Gasteiger partial charge in [-0.05, 0) is 12.1 Å². The molecule has 2 aromatic heterocycles. The van der Waals surface area contributed by atoms with Gasteiger partial charge < -0.3 is 24.1 Å². The van der Waals surface area contributed by atoms with Gasteiger partial charge in [-0.1, -0.05) is 12.1 Å². The van der Waals surface area contributed by atoms with Gasteiger partial charge >= 0.3 is 7.60 Å². The molecule has 0 saturated heterocycles. The Balaban J connectivity index is 1.76. The SMILES string of the molecule is O=c1[nH]cnc2c1ncn2CCOc1ccccc1P(=O)(O)O. The Morgan fingerprint density at radius 3 is 2.83 bits per heavy atom. The molecule has 3 rings (SSSR count). The molecule has 0 atom stereocenters. The Hall–Kier alpha value is -2.48. The molecular formula is C13H13N4O5P. The number of imidazole rings is 1. The van der Waals surface area contributed by atoms with E-state index >= 15 is 0 Å². The lowest BCUT2D eigenvalue weighted by Crippen LogP contribution is -2.14. The summed E-state index contributed by atoms with van der Waals surface area (Å²) in [7, 11) is -4.40. The molecule has 0 bridgehead atoms. The van der Waals surface area contributed by atoms with Crippen LogP contribution in [0.1, 0.15) is 0 Å². The number of hydrogen-bond acceptors (Lipinski definition) is 5. The molecule has 0 amide bonds. The minimum atomic E-state index is -4.40. The van der Waals surface area contributed by atoms with Crippen LogP contribution in [0.2, 0.25) is 0 Å². The molecule has 1 aromatic carbocycles. The van der Waals surface area contributed by atoms with Crippen LogP contribution < -0.4 is 15.6 Å². The molecule has 0 saturated carbocycles. The van der Waals surface area contributed by atoms with Crippen molar-refractivity contribution in [2.45, 2.75) is 6.54 Å². The smallest absolute Gasteiger partial charge is 0.359 e. The van der Waals surface area contributed by atoms with Gasteiger partial charge in [0.05, 0.1) is 19.2 Å². The molecule has 3 aromatic rings. The van der Waals surface area contributed by atoms with E-state index in [2.05, 4.69) is 15.0 Å². The van der Waals surface area contributed by atoms with Crippen molar-refractivity contribution in [3.05, 3.63) is 47.3 Å². The number of hydrogen-bond donors (Lipinski definition) is 3. The summed E-state index contributed by atoms with van der Waals surface area (Å²) in [6.45, 7) is 0.458. The third-order valence-electron chi connectivity index (χ3n) is 3.18. The summed E-state index contributed by atoms with van der Waals surface area (Å²) in [6, 6.07) is 5.97. The van der Waals surface area contributed by atoms with E-state index < -0.39 is 7.60 Å². The first-order valence-electron chi connectivity index (χ1n) is 6.63. The van der Waals surface area contributed by atoms with Gasteiger partial charge in [-0.25, -0.2) is 9.97 Å². The van der Waals surface area contributed by atoms with Crippen molar-refractivity contribution in [2.75, 3.05) is 6.61 Å². The summed E-state index contributed by atoms with van der Waals surface area (Å²) in [5.41, 5.74) is 0.310. The Bertz CT molecular complexity index is 945. The molecule has 0 fully saturated rings. The van der Waals surface area contributed by atoms with E-state index in [0.717, 1.165) is 0 Å². The third-order valence-corrected chi connectivity index (χ3v) is 4.17. The molecule has 0 radical (unpaired) electrons. The second kappa shape index (κ2) is 5.96. The first kappa shape index (κ1) is 15.4. The normalized spacial score (nSPS) is 11.7. The molecule has 0 spiro atoms. The number of aromatic amines is 1. The molecule has 2 heterocycles. The number of aromatic nitrogens is 4.